The Labute approximate surface area is 149 Å². The number of benzene rings is 1. The summed E-state index contributed by atoms with van der Waals surface area (Å²) in [6.45, 7) is 4.77. The predicted molar refractivity (Wildman–Crippen MR) is 95.7 cm³/mol. The molecule has 1 aromatic carbocycles. The fourth-order valence-electron chi connectivity index (χ4n) is 4.24. The van der Waals surface area contributed by atoms with Crippen LogP contribution < -0.4 is 10.5 Å². The van der Waals surface area contributed by atoms with Crippen molar-refractivity contribution in [3.05, 3.63) is 29.3 Å². The molecule has 0 saturated carbocycles. The SMILES string of the molecule is Cc1ccc2c(c1)O[C@@](C)(CCC(=O)O)[C@@H]1CC[C@@H](CCCN)O[C@@H]21. The Morgan fingerprint density at radius 3 is 2.92 bits per heavy atom. The van der Waals surface area contributed by atoms with E-state index in [9.17, 15) is 4.79 Å². The Morgan fingerprint density at radius 2 is 2.20 bits per heavy atom. The van der Waals surface area contributed by atoms with Gasteiger partial charge in [0.1, 0.15) is 11.4 Å². The molecule has 138 valence electrons. The van der Waals surface area contributed by atoms with Crippen LogP contribution in [0.4, 0.5) is 0 Å². The molecular formula is C20H29NO4. The van der Waals surface area contributed by atoms with Crippen LogP contribution in [0.1, 0.15) is 62.7 Å². The van der Waals surface area contributed by atoms with Gasteiger partial charge in [0, 0.05) is 17.9 Å². The summed E-state index contributed by atoms with van der Waals surface area (Å²) >= 11 is 0. The van der Waals surface area contributed by atoms with Crippen molar-refractivity contribution in [2.75, 3.05) is 6.54 Å². The number of ether oxygens (including phenoxy) is 2. The highest BCUT2D eigenvalue weighted by molar-refractivity contribution is 5.66. The maximum atomic E-state index is 11.1. The summed E-state index contributed by atoms with van der Waals surface area (Å²) in [5.41, 5.74) is 7.37. The molecule has 4 atom stereocenters. The molecule has 1 fully saturated rings. The van der Waals surface area contributed by atoms with Crippen molar-refractivity contribution in [1.82, 2.24) is 0 Å². The number of carboxylic acid groups (broad SMARTS) is 1. The standard InChI is InChI=1S/C20H29NO4/c1-13-5-7-15-17(12-13)25-20(2,10-9-18(22)23)16-8-6-14(4-3-11-21)24-19(15)16/h5,7,12,14,16,19H,3-4,6,8-11,21H2,1-2H3,(H,22,23)/t14-,16-,19+,20+/m1/s1. The zero-order valence-corrected chi connectivity index (χ0v) is 15.2. The lowest BCUT2D eigenvalue weighted by Gasteiger charge is -2.50. The van der Waals surface area contributed by atoms with E-state index in [0.29, 0.717) is 13.0 Å². The number of hydrogen-bond donors (Lipinski definition) is 2. The molecule has 3 N–H and O–H groups in total. The second kappa shape index (κ2) is 7.34. The lowest BCUT2D eigenvalue weighted by molar-refractivity contribution is -0.162. The van der Waals surface area contributed by atoms with Crippen LogP contribution in [0, 0.1) is 12.8 Å². The molecule has 0 unspecified atom stereocenters. The van der Waals surface area contributed by atoms with Crippen LogP contribution >= 0.6 is 0 Å². The summed E-state index contributed by atoms with van der Waals surface area (Å²) in [4.78, 5) is 11.1. The average Bonchev–Trinajstić information content (AvgIpc) is 2.58. The van der Waals surface area contributed by atoms with Gasteiger partial charge in [-0.25, -0.2) is 0 Å². The van der Waals surface area contributed by atoms with E-state index in [4.69, 9.17) is 20.3 Å². The first-order valence-electron chi connectivity index (χ1n) is 9.30. The molecule has 2 heterocycles. The molecule has 2 aliphatic rings. The minimum absolute atomic E-state index is 0.0281. The molecule has 0 aromatic heterocycles. The van der Waals surface area contributed by atoms with E-state index in [-0.39, 0.29) is 24.5 Å². The number of fused-ring (bicyclic) bond motifs is 3. The second-order valence-electron chi connectivity index (χ2n) is 7.64. The van der Waals surface area contributed by atoms with Crippen molar-refractivity contribution in [3.8, 4) is 5.75 Å². The van der Waals surface area contributed by atoms with Gasteiger partial charge in [-0.1, -0.05) is 12.1 Å². The average molecular weight is 347 g/mol. The summed E-state index contributed by atoms with van der Waals surface area (Å²) in [6, 6.07) is 6.23. The van der Waals surface area contributed by atoms with Crippen molar-refractivity contribution in [3.63, 3.8) is 0 Å². The molecule has 0 aliphatic carbocycles. The topological polar surface area (TPSA) is 81.8 Å². The number of aryl methyl sites for hydroxylation is 1. The van der Waals surface area contributed by atoms with Gasteiger partial charge in [-0.3, -0.25) is 4.79 Å². The Kier molecular flexibility index (Phi) is 5.35. The van der Waals surface area contributed by atoms with Gasteiger partial charge in [-0.15, -0.1) is 0 Å². The Morgan fingerprint density at radius 1 is 1.40 bits per heavy atom. The maximum Gasteiger partial charge on any atom is 0.303 e. The molecule has 0 amide bonds. The molecule has 5 nitrogen and oxygen atoms in total. The molecule has 0 spiro atoms. The Balaban J connectivity index is 1.89. The van der Waals surface area contributed by atoms with Gasteiger partial charge in [0.05, 0.1) is 12.2 Å². The smallest absolute Gasteiger partial charge is 0.303 e. The molecule has 3 rings (SSSR count). The lowest BCUT2D eigenvalue weighted by Crippen LogP contribution is -2.50. The van der Waals surface area contributed by atoms with Gasteiger partial charge in [0.25, 0.3) is 0 Å². The highest BCUT2D eigenvalue weighted by Gasteiger charge is 2.49. The van der Waals surface area contributed by atoms with E-state index < -0.39 is 11.6 Å². The number of hydrogen-bond acceptors (Lipinski definition) is 4. The van der Waals surface area contributed by atoms with E-state index in [1.165, 1.54) is 0 Å². The largest absolute Gasteiger partial charge is 0.487 e. The summed E-state index contributed by atoms with van der Waals surface area (Å²) in [5, 5.41) is 9.13. The van der Waals surface area contributed by atoms with Crippen LogP contribution in [0.3, 0.4) is 0 Å². The fourth-order valence-corrected chi connectivity index (χ4v) is 4.24. The third-order valence-corrected chi connectivity index (χ3v) is 5.67. The molecule has 1 aromatic rings. The second-order valence-corrected chi connectivity index (χ2v) is 7.64. The first kappa shape index (κ1) is 18.2. The fraction of sp³-hybridized carbons (Fsp3) is 0.650. The number of nitrogens with two attached hydrogens (primary N) is 1. The monoisotopic (exact) mass is 347 g/mol. The molecule has 0 radical (unpaired) electrons. The van der Waals surface area contributed by atoms with Gasteiger partial charge in [-0.2, -0.15) is 0 Å². The van der Waals surface area contributed by atoms with Crippen molar-refractivity contribution in [2.24, 2.45) is 11.7 Å². The summed E-state index contributed by atoms with van der Waals surface area (Å²) in [6.07, 6.45) is 4.71. The van der Waals surface area contributed by atoms with Crippen molar-refractivity contribution in [2.45, 2.75) is 70.2 Å². The quantitative estimate of drug-likeness (QED) is 0.822. The van der Waals surface area contributed by atoms with E-state index >= 15 is 0 Å². The normalized spacial score (nSPS) is 30.9. The summed E-state index contributed by atoms with van der Waals surface area (Å²) in [7, 11) is 0. The molecule has 0 bridgehead atoms. The Bertz CT molecular complexity index is 632. The van der Waals surface area contributed by atoms with Crippen LogP contribution in [-0.4, -0.2) is 29.3 Å². The first-order valence-corrected chi connectivity index (χ1v) is 9.30. The van der Waals surface area contributed by atoms with Crippen molar-refractivity contribution in [1.29, 1.82) is 0 Å². The van der Waals surface area contributed by atoms with E-state index in [1.54, 1.807) is 0 Å². The third-order valence-electron chi connectivity index (χ3n) is 5.67. The van der Waals surface area contributed by atoms with Crippen LogP contribution in [0.15, 0.2) is 18.2 Å². The minimum Gasteiger partial charge on any atom is -0.487 e. The predicted octanol–water partition coefficient (Wildman–Crippen LogP) is 3.59. The first-order chi connectivity index (χ1) is 11.9. The summed E-state index contributed by atoms with van der Waals surface area (Å²) in [5.74, 6) is 0.235. The van der Waals surface area contributed by atoms with Crippen LogP contribution in [-0.2, 0) is 9.53 Å². The molecule has 1 saturated heterocycles. The van der Waals surface area contributed by atoms with Crippen molar-refractivity contribution < 1.29 is 19.4 Å². The number of carbonyl (C=O) groups is 1. The third kappa shape index (κ3) is 3.82. The van der Waals surface area contributed by atoms with Gasteiger partial charge < -0.3 is 20.3 Å². The molecular weight excluding hydrogens is 318 g/mol. The van der Waals surface area contributed by atoms with E-state index in [1.807, 2.05) is 19.9 Å². The van der Waals surface area contributed by atoms with Crippen molar-refractivity contribution >= 4 is 5.97 Å². The highest BCUT2D eigenvalue weighted by atomic mass is 16.5. The van der Waals surface area contributed by atoms with Gasteiger partial charge in [-0.05, 0) is 64.1 Å². The van der Waals surface area contributed by atoms with E-state index in [2.05, 4.69) is 12.1 Å². The van der Waals surface area contributed by atoms with Crippen LogP contribution in [0.5, 0.6) is 5.75 Å². The van der Waals surface area contributed by atoms with Gasteiger partial charge in [0.2, 0.25) is 0 Å². The van der Waals surface area contributed by atoms with Crippen LogP contribution in [0.2, 0.25) is 0 Å². The lowest BCUT2D eigenvalue weighted by atomic mass is 9.72. The number of aliphatic carboxylic acids is 1. The zero-order valence-electron chi connectivity index (χ0n) is 15.2. The molecule has 2 aliphatic heterocycles. The molecule has 25 heavy (non-hydrogen) atoms. The van der Waals surface area contributed by atoms with E-state index in [0.717, 1.165) is 42.6 Å². The Hall–Kier alpha value is -1.59. The van der Waals surface area contributed by atoms with Gasteiger partial charge in [0.15, 0.2) is 0 Å². The summed E-state index contributed by atoms with van der Waals surface area (Å²) < 4.78 is 12.9. The maximum absolute atomic E-state index is 11.1. The highest BCUT2D eigenvalue weighted by Crippen LogP contribution is 2.52. The number of rotatable bonds is 6. The number of carboxylic acids is 1. The minimum atomic E-state index is -0.783. The van der Waals surface area contributed by atoms with Crippen LogP contribution in [0.25, 0.3) is 0 Å². The molecule has 5 heteroatoms. The zero-order chi connectivity index (χ0) is 18.0. The van der Waals surface area contributed by atoms with Gasteiger partial charge >= 0.3 is 5.97 Å².